The number of fused-ring (bicyclic) bond motifs is 1. The zero-order chi connectivity index (χ0) is 17.2. The number of anilines is 1. The van der Waals surface area contributed by atoms with Crippen molar-refractivity contribution in [3.05, 3.63) is 29.5 Å². The Balaban J connectivity index is 1.43. The molecule has 0 saturated carbocycles. The lowest BCUT2D eigenvalue weighted by atomic mass is 10.1. The Morgan fingerprint density at radius 3 is 3.00 bits per heavy atom. The number of aliphatic imine (C=N–C) groups is 1. The molecule has 1 aromatic heterocycles. The van der Waals surface area contributed by atoms with E-state index in [9.17, 15) is 0 Å². The van der Waals surface area contributed by atoms with Crippen LogP contribution in [0.25, 0.3) is 10.9 Å². The molecule has 1 fully saturated rings. The van der Waals surface area contributed by atoms with Crippen LogP contribution in [0, 0.1) is 13.8 Å². The predicted octanol–water partition coefficient (Wildman–Crippen LogP) is 2.01. The Bertz CT molecular complexity index is 799. The van der Waals surface area contributed by atoms with Gasteiger partial charge in [0.1, 0.15) is 0 Å². The topological polar surface area (TPSA) is 74.7 Å². The van der Waals surface area contributed by atoms with E-state index in [0.29, 0.717) is 18.7 Å². The second-order valence-corrected chi connectivity index (χ2v) is 6.75. The first-order valence-electron chi connectivity index (χ1n) is 8.82. The average Bonchev–Trinajstić information content (AvgIpc) is 3.09. The maximum atomic E-state index is 5.69. The van der Waals surface area contributed by atoms with E-state index >= 15 is 0 Å². The van der Waals surface area contributed by atoms with Crippen LogP contribution in [0.4, 0.5) is 5.95 Å². The van der Waals surface area contributed by atoms with Crippen LogP contribution in [-0.2, 0) is 4.74 Å². The zero-order valence-electron chi connectivity index (χ0n) is 14.7. The van der Waals surface area contributed by atoms with Gasteiger partial charge in [0.05, 0.1) is 30.7 Å². The fourth-order valence-corrected chi connectivity index (χ4v) is 3.31. The van der Waals surface area contributed by atoms with E-state index in [1.165, 1.54) is 12.0 Å². The van der Waals surface area contributed by atoms with Gasteiger partial charge in [-0.25, -0.2) is 15.0 Å². The number of hydrogen-bond acceptors (Lipinski definition) is 7. The maximum Gasteiger partial charge on any atom is 0.230 e. The summed E-state index contributed by atoms with van der Waals surface area (Å²) >= 11 is 0. The number of guanidine groups is 1. The largest absolute Gasteiger partial charge is 0.377 e. The van der Waals surface area contributed by atoms with Crippen LogP contribution in [-0.4, -0.2) is 53.4 Å². The van der Waals surface area contributed by atoms with Crippen LogP contribution in [0.3, 0.4) is 0 Å². The molecule has 0 bridgehead atoms. The molecule has 4 rings (SSSR count). The van der Waals surface area contributed by atoms with Gasteiger partial charge < -0.3 is 10.1 Å². The average molecular weight is 340 g/mol. The summed E-state index contributed by atoms with van der Waals surface area (Å²) in [7, 11) is 0. The van der Waals surface area contributed by atoms with Gasteiger partial charge in [0.2, 0.25) is 11.9 Å². The molecule has 2 aliphatic rings. The molecule has 2 N–H and O–H groups in total. The van der Waals surface area contributed by atoms with Crippen molar-refractivity contribution in [1.82, 2.24) is 20.2 Å². The Hall–Kier alpha value is -2.25. The molecular weight excluding hydrogens is 316 g/mol. The lowest BCUT2D eigenvalue weighted by Crippen LogP contribution is -2.48. The zero-order valence-corrected chi connectivity index (χ0v) is 14.7. The molecule has 0 unspecified atom stereocenters. The molecule has 25 heavy (non-hydrogen) atoms. The second-order valence-electron chi connectivity index (χ2n) is 6.75. The number of ether oxygens (including phenoxy) is 1. The Labute approximate surface area is 147 Å². The number of benzene rings is 1. The first-order valence-corrected chi connectivity index (χ1v) is 8.82. The molecule has 0 aliphatic carbocycles. The number of hydrogen-bond donors (Lipinski definition) is 2. The summed E-state index contributed by atoms with van der Waals surface area (Å²) in [6, 6.07) is 6.24. The number of aryl methyl sites for hydroxylation is 2. The van der Waals surface area contributed by atoms with Gasteiger partial charge in [0.25, 0.3) is 0 Å². The molecule has 1 saturated heterocycles. The van der Waals surface area contributed by atoms with Crippen molar-refractivity contribution in [1.29, 1.82) is 0 Å². The van der Waals surface area contributed by atoms with Gasteiger partial charge >= 0.3 is 0 Å². The highest BCUT2D eigenvalue weighted by molar-refractivity contribution is 5.93. The molecule has 0 radical (unpaired) electrons. The lowest BCUT2D eigenvalue weighted by molar-refractivity contribution is 0.0715. The Morgan fingerprint density at radius 2 is 2.24 bits per heavy atom. The van der Waals surface area contributed by atoms with Gasteiger partial charge in [-0.1, -0.05) is 12.1 Å². The third kappa shape index (κ3) is 3.72. The van der Waals surface area contributed by atoms with Gasteiger partial charge in [-0.3, -0.25) is 10.2 Å². The summed E-state index contributed by atoms with van der Waals surface area (Å²) < 4.78 is 5.69. The van der Waals surface area contributed by atoms with E-state index < -0.39 is 0 Å². The Morgan fingerprint density at radius 1 is 1.32 bits per heavy atom. The fraction of sp³-hybridized carbons (Fsp3) is 0.500. The van der Waals surface area contributed by atoms with E-state index in [1.54, 1.807) is 0 Å². The van der Waals surface area contributed by atoms with Gasteiger partial charge in [0, 0.05) is 18.5 Å². The van der Waals surface area contributed by atoms with E-state index in [4.69, 9.17) is 4.74 Å². The molecular formula is C18H24N6O. The highest BCUT2D eigenvalue weighted by atomic mass is 16.5. The van der Waals surface area contributed by atoms with Crippen molar-refractivity contribution >= 4 is 22.8 Å². The third-order valence-corrected chi connectivity index (χ3v) is 4.66. The third-order valence-electron chi connectivity index (χ3n) is 4.66. The normalized spacial score (nSPS) is 21.2. The first kappa shape index (κ1) is 16.2. The molecule has 2 aliphatic heterocycles. The summed E-state index contributed by atoms with van der Waals surface area (Å²) in [5.41, 5.74) is 3.10. The van der Waals surface area contributed by atoms with Crippen LogP contribution < -0.4 is 10.6 Å². The SMILES string of the molecule is Cc1ccc2c(C)nc(NC3=NCN(C[C@@H]4CCCO4)CN3)nc2c1. The lowest BCUT2D eigenvalue weighted by Gasteiger charge is -2.28. The van der Waals surface area contributed by atoms with Crippen molar-refractivity contribution in [3.8, 4) is 0 Å². The van der Waals surface area contributed by atoms with Crippen LogP contribution >= 0.6 is 0 Å². The van der Waals surface area contributed by atoms with Crippen molar-refractivity contribution in [2.75, 3.05) is 31.8 Å². The molecule has 0 amide bonds. The van der Waals surface area contributed by atoms with Crippen molar-refractivity contribution < 1.29 is 4.74 Å². The smallest absolute Gasteiger partial charge is 0.230 e. The summed E-state index contributed by atoms with van der Waals surface area (Å²) in [4.78, 5) is 16.0. The summed E-state index contributed by atoms with van der Waals surface area (Å²) in [5, 5.41) is 7.59. The molecule has 1 atom stereocenters. The monoisotopic (exact) mass is 340 g/mol. The van der Waals surface area contributed by atoms with E-state index in [0.717, 1.165) is 48.8 Å². The summed E-state index contributed by atoms with van der Waals surface area (Å²) in [5.74, 6) is 1.30. The van der Waals surface area contributed by atoms with Crippen molar-refractivity contribution in [2.45, 2.75) is 32.8 Å². The summed E-state index contributed by atoms with van der Waals surface area (Å²) in [6.07, 6.45) is 2.66. The number of aromatic nitrogens is 2. The van der Waals surface area contributed by atoms with Crippen LogP contribution in [0.1, 0.15) is 24.1 Å². The molecule has 0 spiro atoms. The Kier molecular flexibility index (Phi) is 4.50. The van der Waals surface area contributed by atoms with Gasteiger partial charge in [0.15, 0.2) is 0 Å². The highest BCUT2D eigenvalue weighted by Crippen LogP contribution is 2.18. The van der Waals surface area contributed by atoms with Gasteiger partial charge in [-0.2, -0.15) is 0 Å². The second kappa shape index (κ2) is 6.93. The van der Waals surface area contributed by atoms with Crippen LogP contribution in [0.15, 0.2) is 23.2 Å². The number of rotatable bonds is 3. The minimum absolute atomic E-state index is 0.348. The van der Waals surface area contributed by atoms with Crippen molar-refractivity contribution in [3.63, 3.8) is 0 Å². The molecule has 2 aromatic rings. The fourth-order valence-electron chi connectivity index (χ4n) is 3.31. The quantitative estimate of drug-likeness (QED) is 0.890. The van der Waals surface area contributed by atoms with E-state index in [-0.39, 0.29) is 0 Å². The predicted molar refractivity (Wildman–Crippen MR) is 98.6 cm³/mol. The first-order chi connectivity index (χ1) is 12.2. The maximum absolute atomic E-state index is 5.69. The van der Waals surface area contributed by atoms with Gasteiger partial charge in [-0.05, 0) is 38.3 Å². The van der Waals surface area contributed by atoms with Gasteiger partial charge in [-0.15, -0.1) is 0 Å². The van der Waals surface area contributed by atoms with E-state index in [1.807, 2.05) is 6.92 Å². The molecule has 7 heteroatoms. The number of nitrogens with one attached hydrogen (secondary N) is 2. The minimum Gasteiger partial charge on any atom is -0.377 e. The van der Waals surface area contributed by atoms with E-state index in [2.05, 4.69) is 55.6 Å². The summed E-state index contributed by atoms with van der Waals surface area (Å²) in [6.45, 7) is 7.29. The molecule has 132 valence electrons. The molecule has 3 heterocycles. The van der Waals surface area contributed by atoms with Crippen LogP contribution in [0.5, 0.6) is 0 Å². The minimum atomic E-state index is 0.348. The molecule has 1 aromatic carbocycles. The van der Waals surface area contributed by atoms with Crippen LogP contribution in [0.2, 0.25) is 0 Å². The standard InChI is InChI=1S/C18H24N6O/c1-12-5-6-15-13(2)21-18(22-16(15)8-12)23-17-19-10-24(11-20-17)9-14-4-3-7-25-14/h5-6,8,14H,3-4,7,9-11H2,1-2H3,(H2,19,20,21,22,23)/t14-/m0/s1. The molecule has 7 nitrogen and oxygen atoms in total. The van der Waals surface area contributed by atoms with Crippen molar-refractivity contribution in [2.24, 2.45) is 4.99 Å². The highest BCUT2D eigenvalue weighted by Gasteiger charge is 2.21. The number of nitrogens with zero attached hydrogens (tertiary/aromatic N) is 4.